The number of nitrogens with one attached hydrogen (secondary N) is 1. The molecule has 2 aromatic carbocycles. The zero-order valence-corrected chi connectivity index (χ0v) is 12.3. The summed E-state index contributed by atoms with van der Waals surface area (Å²) < 4.78 is 38.6. The minimum absolute atomic E-state index is 0.257. The lowest BCUT2D eigenvalue weighted by Crippen LogP contribution is -2.19. The van der Waals surface area contributed by atoms with E-state index in [0.29, 0.717) is 5.56 Å². The zero-order chi connectivity index (χ0) is 15.6. The van der Waals surface area contributed by atoms with Crippen molar-refractivity contribution in [3.05, 3.63) is 70.3 Å². The van der Waals surface area contributed by atoms with Gasteiger partial charge in [-0.15, -0.1) is 0 Å². The summed E-state index contributed by atoms with van der Waals surface area (Å²) in [6, 6.07) is 11.2. The van der Waals surface area contributed by atoms with Gasteiger partial charge in [-0.3, -0.25) is 0 Å². The number of hydrogen-bond donors (Lipinski definition) is 1. The monoisotopic (exact) mass is 293 g/mol. The molecule has 0 bridgehead atoms. The van der Waals surface area contributed by atoms with Crippen molar-refractivity contribution in [1.29, 1.82) is 0 Å². The van der Waals surface area contributed by atoms with Gasteiger partial charge in [0.1, 0.15) is 0 Å². The summed E-state index contributed by atoms with van der Waals surface area (Å²) in [5, 5.41) is 3.11. The molecule has 0 radical (unpaired) electrons. The summed E-state index contributed by atoms with van der Waals surface area (Å²) >= 11 is 0. The third kappa shape index (κ3) is 3.45. The van der Waals surface area contributed by atoms with E-state index in [1.165, 1.54) is 12.1 Å². The summed E-state index contributed by atoms with van der Waals surface area (Å²) in [5.74, 6) is 0. The number of benzene rings is 2. The molecular formula is C17H18F3N. The Morgan fingerprint density at radius 1 is 1.00 bits per heavy atom. The Bertz CT molecular complexity index is 632. The van der Waals surface area contributed by atoms with Gasteiger partial charge in [0.15, 0.2) is 0 Å². The smallest absolute Gasteiger partial charge is 0.309 e. The molecule has 1 atom stereocenters. The minimum Gasteiger partial charge on any atom is -0.309 e. The molecule has 0 aliphatic carbocycles. The van der Waals surface area contributed by atoms with Crippen molar-refractivity contribution in [2.75, 3.05) is 7.05 Å². The first-order valence-electron chi connectivity index (χ1n) is 6.74. The summed E-state index contributed by atoms with van der Waals surface area (Å²) in [7, 11) is 1.76. The fourth-order valence-corrected chi connectivity index (χ4v) is 2.47. The third-order valence-corrected chi connectivity index (χ3v) is 3.58. The van der Waals surface area contributed by atoms with E-state index in [4.69, 9.17) is 0 Å². The van der Waals surface area contributed by atoms with Crippen LogP contribution in [0.25, 0.3) is 0 Å². The van der Waals surface area contributed by atoms with E-state index in [1.54, 1.807) is 13.1 Å². The second kappa shape index (κ2) is 5.90. The van der Waals surface area contributed by atoms with Crippen molar-refractivity contribution < 1.29 is 13.2 Å². The van der Waals surface area contributed by atoms with Gasteiger partial charge < -0.3 is 5.32 Å². The molecule has 0 saturated heterocycles. The molecule has 2 rings (SSSR count). The van der Waals surface area contributed by atoms with Crippen LogP contribution >= 0.6 is 0 Å². The maximum atomic E-state index is 12.9. The first-order chi connectivity index (χ1) is 9.82. The second-order valence-corrected chi connectivity index (χ2v) is 5.20. The standard InChI is InChI=1S/C17H18F3N/c1-11-7-8-12(2)15(9-11)16(21-3)13-5-4-6-14(10-13)17(18,19)20/h4-10,16,21H,1-3H3. The van der Waals surface area contributed by atoms with Gasteiger partial charge in [0.05, 0.1) is 11.6 Å². The predicted octanol–water partition coefficient (Wildman–Crippen LogP) is 4.63. The molecule has 0 aliphatic heterocycles. The Balaban J connectivity index is 2.49. The van der Waals surface area contributed by atoms with Gasteiger partial charge in [-0.05, 0) is 49.7 Å². The first-order valence-corrected chi connectivity index (χ1v) is 6.74. The van der Waals surface area contributed by atoms with Gasteiger partial charge in [0.2, 0.25) is 0 Å². The molecule has 0 spiro atoms. The average molecular weight is 293 g/mol. The second-order valence-electron chi connectivity index (χ2n) is 5.20. The SMILES string of the molecule is CNC(c1cccc(C(F)(F)F)c1)c1cc(C)ccc1C. The van der Waals surface area contributed by atoms with Crippen molar-refractivity contribution >= 4 is 0 Å². The molecule has 0 aliphatic rings. The number of alkyl halides is 3. The predicted molar refractivity (Wildman–Crippen MR) is 78.3 cm³/mol. The van der Waals surface area contributed by atoms with Crippen LogP contribution in [0.5, 0.6) is 0 Å². The Morgan fingerprint density at radius 2 is 1.71 bits per heavy atom. The molecule has 1 N–H and O–H groups in total. The Kier molecular flexibility index (Phi) is 4.37. The Morgan fingerprint density at radius 3 is 2.33 bits per heavy atom. The van der Waals surface area contributed by atoms with Gasteiger partial charge in [-0.2, -0.15) is 13.2 Å². The van der Waals surface area contributed by atoms with Crippen molar-refractivity contribution in [2.45, 2.75) is 26.1 Å². The van der Waals surface area contributed by atoms with Crippen molar-refractivity contribution in [2.24, 2.45) is 0 Å². The summed E-state index contributed by atoms with van der Waals surface area (Å²) in [6.45, 7) is 3.94. The van der Waals surface area contributed by atoms with E-state index in [2.05, 4.69) is 5.32 Å². The van der Waals surface area contributed by atoms with E-state index in [0.717, 1.165) is 22.8 Å². The fraction of sp³-hybridized carbons (Fsp3) is 0.294. The van der Waals surface area contributed by atoms with Crippen LogP contribution in [0.2, 0.25) is 0 Å². The van der Waals surface area contributed by atoms with E-state index >= 15 is 0 Å². The van der Waals surface area contributed by atoms with Crippen LogP contribution in [0, 0.1) is 13.8 Å². The molecule has 0 heterocycles. The zero-order valence-electron chi connectivity index (χ0n) is 12.3. The highest BCUT2D eigenvalue weighted by Gasteiger charge is 2.31. The van der Waals surface area contributed by atoms with Gasteiger partial charge in [0, 0.05) is 0 Å². The summed E-state index contributed by atoms with van der Waals surface area (Å²) in [5.41, 5.74) is 3.13. The van der Waals surface area contributed by atoms with E-state index in [-0.39, 0.29) is 6.04 Å². The fourth-order valence-electron chi connectivity index (χ4n) is 2.47. The highest BCUT2D eigenvalue weighted by Crippen LogP contribution is 2.32. The maximum Gasteiger partial charge on any atom is 0.416 e. The normalized spacial score (nSPS) is 13.2. The quantitative estimate of drug-likeness (QED) is 0.870. The topological polar surface area (TPSA) is 12.0 Å². The molecule has 1 nitrogen and oxygen atoms in total. The molecular weight excluding hydrogens is 275 g/mol. The third-order valence-electron chi connectivity index (χ3n) is 3.58. The molecule has 0 saturated carbocycles. The number of aryl methyl sites for hydroxylation is 2. The van der Waals surface area contributed by atoms with E-state index in [1.807, 2.05) is 32.0 Å². The van der Waals surface area contributed by atoms with Crippen LogP contribution < -0.4 is 5.32 Å². The van der Waals surface area contributed by atoms with Crippen molar-refractivity contribution in [3.8, 4) is 0 Å². The Labute approximate surface area is 122 Å². The van der Waals surface area contributed by atoms with Gasteiger partial charge >= 0.3 is 6.18 Å². The molecule has 2 aromatic rings. The number of halogens is 3. The largest absolute Gasteiger partial charge is 0.416 e. The molecule has 0 amide bonds. The molecule has 4 heteroatoms. The molecule has 21 heavy (non-hydrogen) atoms. The molecule has 0 aromatic heterocycles. The van der Waals surface area contributed by atoms with E-state index in [9.17, 15) is 13.2 Å². The average Bonchev–Trinajstić information content (AvgIpc) is 2.43. The number of rotatable bonds is 3. The lowest BCUT2D eigenvalue weighted by molar-refractivity contribution is -0.137. The van der Waals surface area contributed by atoms with Gasteiger partial charge in [-0.1, -0.05) is 35.9 Å². The molecule has 112 valence electrons. The Hall–Kier alpha value is -1.81. The van der Waals surface area contributed by atoms with Crippen LogP contribution in [-0.4, -0.2) is 7.05 Å². The first kappa shape index (κ1) is 15.6. The highest BCUT2D eigenvalue weighted by molar-refractivity contribution is 5.40. The maximum absolute atomic E-state index is 12.9. The lowest BCUT2D eigenvalue weighted by Gasteiger charge is -2.21. The van der Waals surface area contributed by atoms with Crippen LogP contribution in [-0.2, 0) is 6.18 Å². The minimum atomic E-state index is -4.32. The molecule has 0 fully saturated rings. The lowest BCUT2D eigenvalue weighted by atomic mass is 9.93. The van der Waals surface area contributed by atoms with Gasteiger partial charge in [-0.25, -0.2) is 0 Å². The van der Waals surface area contributed by atoms with Crippen molar-refractivity contribution in [3.63, 3.8) is 0 Å². The van der Waals surface area contributed by atoms with Gasteiger partial charge in [0.25, 0.3) is 0 Å². The molecule has 1 unspecified atom stereocenters. The van der Waals surface area contributed by atoms with E-state index < -0.39 is 11.7 Å². The highest BCUT2D eigenvalue weighted by atomic mass is 19.4. The van der Waals surface area contributed by atoms with Crippen LogP contribution in [0.3, 0.4) is 0 Å². The van der Waals surface area contributed by atoms with Crippen LogP contribution in [0.1, 0.15) is 33.9 Å². The summed E-state index contributed by atoms with van der Waals surface area (Å²) in [4.78, 5) is 0. The van der Waals surface area contributed by atoms with Crippen LogP contribution in [0.15, 0.2) is 42.5 Å². The van der Waals surface area contributed by atoms with Crippen molar-refractivity contribution in [1.82, 2.24) is 5.32 Å². The number of hydrogen-bond acceptors (Lipinski definition) is 1. The summed E-state index contributed by atoms with van der Waals surface area (Å²) in [6.07, 6.45) is -4.32. The van der Waals surface area contributed by atoms with Crippen LogP contribution in [0.4, 0.5) is 13.2 Å².